The van der Waals surface area contributed by atoms with E-state index in [0.717, 1.165) is 43.5 Å². The van der Waals surface area contributed by atoms with E-state index in [-0.39, 0.29) is 0 Å². The molecule has 0 aromatic carbocycles. The van der Waals surface area contributed by atoms with Gasteiger partial charge in [-0.25, -0.2) is 9.97 Å². The highest BCUT2D eigenvalue weighted by atomic mass is 35.5. The van der Waals surface area contributed by atoms with Crippen LogP contribution >= 0.6 is 11.6 Å². The Morgan fingerprint density at radius 2 is 1.80 bits per heavy atom. The van der Waals surface area contributed by atoms with Crippen LogP contribution in [0, 0.1) is 18.3 Å². The Morgan fingerprint density at radius 3 is 2.48 bits per heavy atom. The maximum atomic E-state index is 8.92. The molecule has 1 aliphatic heterocycles. The van der Waals surface area contributed by atoms with E-state index in [1.54, 1.807) is 18.5 Å². The molecule has 1 fully saturated rings. The number of aromatic nitrogens is 5. The number of hydrogen-bond donors (Lipinski definition) is 0. The number of nitrogens with zero attached hydrogens (tertiary/aromatic N) is 8. The Morgan fingerprint density at radius 1 is 1.08 bits per heavy atom. The summed E-state index contributed by atoms with van der Waals surface area (Å²) in [6, 6.07) is 3.70. The molecule has 0 amide bonds. The van der Waals surface area contributed by atoms with E-state index in [1.165, 1.54) is 0 Å². The standard InChI is InChI=1S/C16H15ClN8/c1-11-21-22-16-15(19-2-3-25(11)16)24-6-4-23(5-7-24)14-13(17)8-12(9-18)10-20-14/h2-3,8,10H,4-7H2,1H3. The number of halogens is 1. The molecule has 1 aliphatic rings. The van der Waals surface area contributed by atoms with Crippen LogP contribution in [0.5, 0.6) is 0 Å². The van der Waals surface area contributed by atoms with Crippen LogP contribution in [0.1, 0.15) is 11.4 Å². The smallest absolute Gasteiger partial charge is 0.203 e. The van der Waals surface area contributed by atoms with Crippen molar-refractivity contribution in [3.05, 3.63) is 41.1 Å². The fourth-order valence-corrected chi connectivity index (χ4v) is 3.29. The molecule has 3 aromatic heterocycles. The fraction of sp³-hybridized carbons (Fsp3) is 0.312. The largest absolute Gasteiger partial charge is 0.352 e. The molecule has 0 unspecified atom stereocenters. The highest BCUT2D eigenvalue weighted by Gasteiger charge is 2.23. The number of anilines is 2. The number of pyridine rings is 1. The Kier molecular flexibility index (Phi) is 3.86. The first-order valence-electron chi connectivity index (χ1n) is 7.89. The van der Waals surface area contributed by atoms with Gasteiger partial charge < -0.3 is 9.80 Å². The lowest BCUT2D eigenvalue weighted by molar-refractivity contribution is 0.642. The van der Waals surface area contributed by atoms with Crippen molar-refractivity contribution in [2.45, 2.75) is 6.92 Å². The molecular weight excluding hydrogens is 340 g/mol. The van der Waals surface area contributed by atoms with Gasteiger partial charge >= 0.3 is 0 Å². The van der Waals surface area contributed by atoms with Gasteiger partial charge in [0, 0.05) is 44.8 Å². The lowest BCUT2D eigenvalue weighted by Crippen LogP contribution is -2.47. The van der Waals surface area contributed by atoms with Crippen molar-refractivity contribution in [2.75, 3.05) is 36.0 Å². The van der Waals surface area contributed by atoms with Crippen LogP contribution in [0.2, 0.25) is 5.02 Å². The molecule has 4 rings (SSSR count). The summed E-state index contributed by atoms with van der Waals surface area (Å²) in [5, 5.41) is 17.8. The lowest BCUT2D eigenvalue weighted by Gasteiger charge is -2.36. The van der Waals surface area contributed by atoms with Crippen LogP contribution in [-0.4, -0.2) is 50.7 Å². The van der Waals surface area contributed by atoms with Crippen LogP contribution in [-0.2, 0) is 0 Å². The zero-order valence-electron chi connectivity index (χ0n) is 13.6. The van der Waals surface area contributed by atoms with Crippen LogP contribution in [0.25, 0.3) is 5.65 Å². The summed E-state index contributed by atoms with van der Waals surface area (Å²) in [7, 11) is 0. The average molecular weight is 355 g/mol. The number of nitriles is 1. The molecule has 25 heavy (non-hydrogen) atoms. The minimum absolute atomic E-state index is 0.463. The summed E-state index contributed by atoms with van der Waals surface area (Å²) >= 11 is 6.27. The summed E-state index contributed by atoms with van der Waals surface area (Å²) in [6.45, 7) is 4.98. The zero-order chi connectivity index (χ0) is 17.4. The van der Waals surface area contributed by atoms with Crippen molar-refractivity contribution < 1.29 is 0 Å². The highest BCUT2D eigenvalue weighted by Crippen LogP contribution is 2.26. The molecule has 1 saturated heterocycles. The van der Waals surface area contributed by atoms with Crippen molar-refractivity contribution in [1.82, 2.24) is 24.6 Å². The monoisotopic (exact) mass is 354 g/mol. The number of piperazine rings is 1. The molecule has 0 bridgehead atoms. The number of fused-ring (bicyclic) bond motifs is 1. The first-order valence-corrected chi connectivity index (χ1v) is 8.27. The van der Waals surface area contributed by atoms with E-state index >= 15 is 0 Å². The fourth-order valence-electron chi connectivity index (χ4n) is 3.01. The summed E-state index contributed by atoms with van der Waals surface area (Å²) in [5.41, 5.74) is 1.23. The SMILES string of the molecule is Cc1nnc2c(N3CCN(c4ncc(C#N)cc4Cl)CC3)nccn12. The number of hydrogen-bond acceptors (Lipinski definition) is 7. The minimum atomic E-state index is 0.463. The topological polar surface area (TPSA) is 86.2 Å². The Labute approximate surface area is 149 Å². The first-order chi connectivity index (χ1) is 12.2. The van der Waals surface area contributed by atoms with E-state index in [1.807, 2.05) is 23.6 Å². The lowest BCUT2D eigenvalue weighted by atomic mass is 10.2. The quantitative estimate of drug-likeness (QED) is 0.692. The van der Waals surface area contributed by atoms with E-state index in [4.69, 9.17) is 16.9 Å². The molecule has 9 heteroatoms. The Bertz CT molecular complexity index is 968. The third-order valence-electron chi connectivity index (χ3n) is 4.31. The molecule has 0 saturated carbocycles. The van der Waals surface area contributed by atoms with Gasteiger partial charge in [-0.15, -0.1) is 10.2 Å². The molecule has 4 heterocycles. The molecule has 0 N–H and O–H groups in total. The predicted octanol–water partition coefficient (Wildman–Crippen LogP) is 1.68. The van der Waals surface area contributed by atoms with Crippen LogP contribution < -0.4 is 9.80 Å². The van der Waals surface area contributed by atoms with Gasteiger partial charge in [0.05, 0.1) is 10.6 Å². The third kappa shape index (κ3) is 2.72. The van der Waals surface area contributed by atoms with Crippen molar-refractivity contribution in [3.63, 3.8) is 0 Å². The van der Waals surface area contributed by atoms with Gasteiger partial charge in [0.2, 0.25) is 5.65 Å². The van der Waals surface area contributed by atoms with Gasteiger partial charge in [0.1, 0.15) is 17.7 Å². The highest BCUT2D eigenvalue weighted by molar-refractivity contribution is 6.33. The Hall–Kier alpha value is -2.92. The van der Waals surface area contributed by atoms with Crippen molar-refractivity contribution >= 4 is 28.9 Å². The molecule has 126 valence electrons. The summed E-state index contributed by atoms with van der Waals surface area (Å²) in [4.78, 5) is 13.1. The summed E-state index contributed by atoms with van der Waals surface area (Å²) < 4.78 is 1.94. The minimum Gasteiger partial charge on any atom is -0.352 e. The molecule has 8 nitrogen and oxygen atoms in total. The predicted molar refractivity (Wildman–Crippen MR) is 93.9 cm³/mol. The summed E-state index contributed by atoms with van der Waals surface area (Å²) in [6.07, 6.45) is 5.18. The molecule has 0 aliphatic carbocycles. The molecular formula is C16H15ClN8. The van der Waals surface area contributed by atoms with E-state index in [0.29, 0.717) is 16.4 Å². The van der Waals surface area contributed by atoms with Gasteiger partial charge in [-0.2, -0.15) is 5.26 Å². The van der Waals surface area contributed by atoms with Gasteiger partial charge in [0.25, 0.3) is 0 Å². The second-order valence-corrected chi connectivity index (χ2v) is 6.21. The van der Waals surface area contributed by atoms with Crippen LogP contribution in [0.15, 0.2) is 24.7 Å². The maximum Gasteiger partial charge on any atom is 0.203 e. The van der Waals surface area contributed by atoms with E-state index in [2.05, 4.69) is 30.0 Å². The molecule has 0 spiro atoms. The maximum absolute atomic E-state index is 8.92. The van der Waals surface area contributed by atoms with E-state index < -0.39 is 0 Å². The zero-order valence-corrected chi connectivity index (χ0v) is 14.3. The van der Waals surface area contributed by atoms with E-state index in [9.17, 15) is 0 Å². The first kappa shape index (κ1) is 15.6. The van der Waals surface area contributed by atoms with Gasteiger partial charge in [-0.05, 0) is 13.0 Å². The van der Waals surface area contributed by atoms with Crippen molar-refractivity contribution in [2.24, 2.45) is 0 Å². The molecule has 0 atom stereocenters. The second kappa shape index (κ2) is 6.18. The van der Waals surface area contributed by atoms with Crippen LogP contribution in [0.3, 0.4) is 0 Å². The third-order valence-corrected chi connectivity index (χ3v) is 4.59. The number of rotatable bonds is 2. The second-order valence-electron chi connectivity index (χ2n) is 5.81. The van der Waals surface area contributed by atoms with Gasteiger partial charge in [-0.1, -0.05) is 11.6 Å². The van der Waals surface area contributed by atoms with Gasteiger partial charge in [-0.3, -0.25) is 4.40 Å². The van der Waals surface area contributed by atoms with Crippen molar-refractivity contribution in [3.8, 4) is 6.07 Å². The normalized spacial score (nSPS) is 14.8. The van der Waals surface area contributed by atoms with Crippen molar-refractivity contribution in [1.29, 1.82) is 5.26 Å². The Balaban J connectivity index is 1.54. The van der Waals surface area contributed by atoms with Crippen LogP contribution in [0.4, 0.5) is 11.6 Å². The number of aryl methyl sites for hydroxylation is 1. The van der Waals surface area contributed by atoms with Gasteiger partial charge in [0.15, 0.2) is 5.82 Å². The summed E-state index contributed by atoms with van der Waals surface area (Å²) in [5.74, 6) is 2.39. The average Bonchev–Trinajstić information content (AvgIpc) is 3.03. The molecule has 0 radical (unpaired) electrons. The molecule has 3 aromatic rings.